The van der Waals surface area contributed by atoms with E-state index in [4.69, 9.17) is 13.3 Å². The summed E-state index contributed by atoms with van der Waals surface area (Å²) in [5, 5.41) is 0. The first-order valence-corrected chi connectivity index (χ1v) is 8.62. The van der Waals surface area contributed by atoms with Crippen LogP contribution in [0.25, 0.3) is 0 Å². The standard InChI is InChI=1S/C17H22O3Si/c1-15(2)20-21(18-13-16-9-5-3-6-10-16)19-14-17-11-7-4-8-12-17/h3-12,15,21H,13-14H2,1-2H3. The van der Waals surface area contributed by atoms with Gasteiger partial charge in [-0.3, -0.25) is 0 Å². The van der Waals surface area contributed by atoms with Crippen LogP contribution in [0.15, 0.2) is 60.7 Å². The maximum absolute atomic E-state index is 5.86. The molecule has 2 rings (SSSR count). The van der Waals surface area contributed by atoms with Crippen LogP contribution in [0.1, 0.15) is 25.0 Å². The van der Waals surface area contributed by atoms with Gasteiger partial charge in [-0.25, -0.2) is 0 Å². The predicted molar refractivity (Wildman–Crippen MR) is 85.8 cm³/mol. The van der Waals surface area contributed by atoms with Crippen LogP contribution in [0, 0.1) is 0 Å². The fourth-order valence-electron chi connectivity index (χ4n) is 1.83. The maximum Gasteiger partial charge on any atom is 0.485 e. The van der Waals surface area contributed by atoms with Crippen molar-refractivity contribution in [3.05, 3.63) is 71.8 Å². The Morgan fingerprint density at radius 1 is 0.762 bits per heavy atom. The van der Waals surface area contributed by atoms with Crippen molar-refractivity contribution < 1.29 is 13.3 Å². The van der Waals surface area contributed by atoms with E-state index in [0.717, 1.165) is 11.1 Å². The van der Waals surface area contributed by atoms with Gasteiger partial charge < -0.3 is 13.3 Å². The first-order chi connectivity index (χ1) is 10.2. The van der Waals surface area contributed by atoms with Gasteiger partial charge in [0.05, 0.1) is 13.2 Å². The molecule has 0 aliphatic heterocycles. The lowest BCUT2D eigenvalue weighted by molar-refractivity contribution is 0.0602. The molecule has 0 spiro atoms. The van der Waals surface area contributed by atoms with Crippen molar-refractivity contribution in [1.29, 1.82) is 0 Å². The van der Waals surface area contributed by atoms with E-state index >= 15 is 0 Å². The van der Waals surface area contributed by atoms with Crippen LogP contribution in [0.3, 0.4) is 0 Å². The summed E-state index contributed by atoms with van der Waals surface area (Å²) in [4.78, 5) is 0. The molecule has 0 radical (unpaired) electrons. The Bertz CT molecular complexity index is 458. The van der Waals surface area contributed by atoms with Crippen LogP contribution in [0.2, 0.25) is 0 Å². The second kappa shape index (κ2) is 8.74. The van der Waals surface area contributed by atoms with Gasteiger partial charge in [-0.1, -0.05) is 60.7 Å². The molecule has 0 unspecified atom stereocenters. The number of hydrogen-bond acceptors (Lipinski definition) is 3. The van der Waals surface area contributed by atoms with Gasteiger partial charge in [0.15, 0.2) is 0 Å². The van der Waals surface area contributed by atoms with E-state index in [1.165, 1.54) is 0 Å². The molecule has 112 valence electrons. The summed E-state index contributed by atoms with van der Waals surface area (Å²) < 4.78 is 17.5. The average Bonchev–Trinajstić information content (AvgIpc) is 2.51. The largest absolute Gasteiger partial charge is 0.485 e. The molecule has 0 bridgehead atoms. The molecule has 0 N–H and O–H groups in total. The van der Waals surface area contributed by atoms with Gasteiger partial charge in [-0.05, 0) is 25.0 Å². The fourth-order valence-corrected chi connectivity index (χ4v) is 3.18. The lowest BCUT2D eigenvalue weighted by Gasteiger charge is -2.19. The SMILES string of the molecule is CC(C)O[SiH](OCc1ccccc1)OCc1ccccc1. The van der Waals surface area contributed by atoms with E-state index in [9.17, 15) is 0 Å². The molecular formula is C17H22O3Si. The Balaban J connectivity index is 1.85. The summed E-state index contributed by atoms with van der Waals surface area (Å²) in [5.41, 5.74) is 2.26. The molecule has 2 aromatic rings. The van der Waals surface area contributed by atoms with Gasteiger partial charge in [0, 0.05) is 6.10 Å². The molecule has 0 aromatic heterocycles. The molecule has 0 saturated heterocycles. The molecule has 2 aromatic carbocycles. The van der Waals surface area contributed by atoms with Crippen molar-refractivity contribution in [3.8, 4) is 0 Å². The minimum absolute atomic E-state index is 0.105. The van der Waals surface area contributed by atoms with E-state index in [1.807, 2.05) is 74.5 Å². The van der Waals surface area contributed by atoms with Gasteiger partial charge in [-0.2, -0.15) is 0 Å². The van der Waals surface area contributed by atoms with Crippen LogP contribution >= 0.6 is 0 Å². The Morgan fingerprint density at radius 2 is 1.19 bits per heavy atom. The molecule has 0 atom stereocenters. The third kappa shape index (κ3) is 6.22. The van der Waals surface area contributed by atoms with Gasteiger partial charge >= 0.3 is 9.53 Å². The predicted octanol–water partition coefficient (Wildman–Crippen LogP) is 3.56. The van der Waals surface area contributed by atoms with Crippen LogP contribution < -0.4 is 0 Å². The zero-order valence-corrected chi connectivity index (χ0v) is 13.7. The maximum atomic E-state index is 5.86. The Labute approximate surface area is 128 Å². The number of hydrogen-bond donors (Lipinski definition) is 0. The van der Waals surface area contributed by atoms with Gasteiger partial charge in [0.25, 0.3) is 0 Å². The van der Waals surface area contributed by atoms with Crippen molar-refractivity contribution in [2.24, 2.45) is 0 Å². The molecule has 21 heavy (non-hydrogen) atoms. The number of rotatable bonds is 8. The minimum atomic E-state index is -2.13. The summed E-state index contributed by atoms with van der Waals surface area (Å²) in [6.45, 7) is 5.05. The van der Waals surface area contributed by atoms with Gasteiger partial charge in [-0.15, -0.1) is 0 Å². The van der Waals surface area contributed by atoms with Crippen LogP contribution in [0.4, 0.5) is 0 Å². The monoisotopic (exact) mass is 302 g/mol. The van der Waals surface area contributed by atoms with Crippen LogP contribution in [0.5, 0.6) is 0 Å². The van der Waals surface area contributed by atoms with Crippen molar-refractivity contribution in [2.75, 3.05) is 0 Å². The topological polar surface area (TPSA) is 27.7 Å². The molecule has 0 saturated carbocycles. The quantitative estimate of drug-likeness (QED) is 0.698. The van der Waals surface area contributed by atoms with Crippen LogP contribution in [-0.4, -0.2) is 15.6 Å². The Morgan fingerprint density at radius 3 is 1.57 bits per heavy atom. The number of benzene rings is 2. The van der Waals surface area contributed by atoms with Crippen molar-refractivity contribution in [2.45, 2.75) is 33.2 Å². The second-order valence-electron chi connectivity index (χ2n) is 5.07. The molecule has 3 nitrogen and oxygen atoms in total. The summed E-state index contributed by atoms with van der Waals surface area (Å²) in [6, 6.07) is 20.2. The summed E-state index contributed by atoms with van der Waals surface area (Å²) in [6.07, 6.45) is 0.105. The zero-order chi connectivity index (χ0) is 14.9. The Hall–Kier alpha value is -1.46. The normalized spacial score (nSPS) is 11.2. The van der Waals surface area contributed by atoms with Crippen molar-refractivity contribution in [3.63, 3.8) is 0 Å². The smallest absolute Gasteiger partial charge is 0.373 e. The van der Waals surface area contributed by atoms with Gasteiger partial charge in [0.2, 0.25) is 0 Å². The highest BCUT2D eigenvalue weighted by Crippen LogP contribution is 2.08. The lowest BCUT2D eigenvalue weighted by atomic mass is 10.2. The van der Waals surface area contributed by atoms with E-state index in [-0.39, 0.29) is 6.10 Å². The molecule has 0 fully saturated rings. The van der Waals surface area contributed by atoms with E-state index in [1.54, 1.807) is 0 Å². The highest BCUT2D eigenvalue weighted by Gasteiger charge is 2.17. The average molecular weight is 302 g/mol. The van der Waals surface area contributed by atoms with E-state index in [0.29, 0.717) is 13.2 Å². The lowest BCUT2D eigenvalue weighted by Crippen LogP contribution is -2.30. The summed E-state index contributed by atoms with van der Waals surface area (Å²) >= 11 is 0. The molecule has 0 amide bonds. The Kier molecular flexibility index (Phi) is 6.63. The highest BCUT2D eigenvalue weighted by atomic mass is 28.3. The minimum Gasteiger partial charge on any atom is -0.373 e. The highest BCUT2D eigenvalue weighted by molar-refractivity contribution is 6.36. The van der Waals surface area contributed by atoms with Gasteiger partial charge in [0.1, 0.15) is 0 Å². The zero-order valence-electron chi connectivity index (χ0n) is 12.6. The third-order valence-electron chi connectivity index (χ3n) is 2.84. The van der Waals surface area contributed by atoms with E-state index in [2.05, 4.69) is 0 Å². The van der Waals surface area contributed by atoms with Crippen molar-refractivity contribution in [1.82, 2.24) is 0 Å². The van der Waals surface area contributed by atoms with Crippen LogP contribution in [-0.2, 0) is 26.5 Å². The molecule has 4 heteroatoms. The molecule has 0 aliphatic carbocycles. The van der Waals surface area contributed by atoms with Crippen molar-refractivity contribution >= 4 is 9.53 Å². The molecule has 0 heterocycles. The first kappa shape index (κ1) is 15.9. The summed E-state index contributed by atoms with van der Waals surface area (Å²) in [5.74, 6) is 0. The first-order valence-electron chi connectivity index (χ1n) is 7.20. The molecular weight excluding hydrogens is 280 g/mol. The second-order valence-corrected chi connectivity index (χ2v) is 6.58. The third-order valence-corrected chi connectivity index (χ3v) is 4.49. The van der Waals surface area contributed by atoms with E-state index < -0.39 is 9.53 Å². The molecule has 0 aliphatic rings. The summed E-state index contributed by atoms with van der Waals surface area (Å²) in [7, 11) is -2.13. The fraction of sp³-hybridized carbons (Fsp3) is 0.294.